The monoisotopic (exact) mass is 381 g/mol. The van der Waals surface area contributed by atoms with E-state index in [1.54, 1.807) is 37.4 Å². The molecule has 144 valence electrons. The lowest BCUT2D eigenvalue weighted by atomic mass is 10.1. The van der Waals surface area contributed by atoms with Crippen molar-refractivity contribution in [1.82, 2.24) is 20.1 Å². The Morgan fingerprint density at radius 1 is 1.29 bits per heavy atom. The third-order valence-corrected chi connectivity index (χ3v) is 4.03. The van der Waals surface area contributed by atoms with Crippen molar-refractivity contribution in [2.24, 2.45) is 0 Å². The SMILES string of the molecule is CCCNC(=O)c1cc(-c2ccc(OC)cc2)nn1-c1ncccc1[N+](=O)[O-]. The van der Waals surface area contributed by atoms with Gasteiger partial charge in [-0.2, -0.15) is 5.10 Å². The number of carbonyl (C=O) groups is 1. The minimum Gasteiger partial charge on any atom is -0.497 e. The lowest BCUT2D eigenvalue weighted by Gasteiger charge is -2.07. The number of pyridine rings is 1. The molecule has 0 aliphatic rings. The van der Waals surface area contributed by atoms with E-state index in [0.29, 0.717) is 18.0 Å². The summed E-state index contributed by atoms with van der Waals surface area (Å²) in [5.41, 5.74) is 1.16. The third kappa shape index (κ3) is 3.83. The number of aromatic nitrogens is 3. The van der Waals surface area contributed by atoms with Crippen LogP contribution < -0.4 is 10.1 Å². The van der Waals surface area contributed by atoms with Crippen LogP contribution in [-0.4, -0.2) is 39.2 Å². The summed E-state index contributed by atoms with van der Waals surface area (Å²) < 4.78 is 6.36. The number of rotatable bonds is 7. The number of methoxy groups -OCH3 is 1. The van der Waals surface area contributed by atoms with Gasteiger partial charge < -0.3 is 10.1 Å². The van der Waals surface area contributed by atoms with E-state index in [9.17, 15) is 14.9 Å². The summed E-state index contributed by atoms with van der Waals surface area (Å²) in [5.74, 6) is 0.285. The van der Waals surface area contributed by atoms with Gasteiger partial charge in [-0.1, -0.05) is 6.92 Å². The smallest absolute Gasteiger partial charge is 0.313 e. The number of amides is 1. The van der Waals surface area contributed by atoms with E-state index in [1.165, 1.54) is 23.0 Å². The number of ether oxygens (including phenoxy) is 1. The van der Waals surface area contributed by atoms with Gasteiger partial charge in [0.25, 0.3) is 5.91 Å². The van der Waals surface area contributed by atoms with Gasteiger partial charge in [0.05, 0.1) is 17.7 Å². The first kappa shape index (κ1) is 19.0. The normalized spacial score (nSPS) is 10.5. The predicted octanol–water partition coefficient (Wildman–Crippen LogP) is 2.99. The third-order valence-electron chi connectivity index (χ3n) is 4.03. The molecule has 0 saturated heterocycles. The molecule has 0 aliphatic carbocycles. The molecular weight excluding hydrogens is 362 g/mol. The maximum absolute atomic E-state index is 12.6. The van der Waals surface area contributed by atoms with Crippen LogP contribution in [0.2, 0.25) is 0 Å². The Bertz CT molecular complexity index is 998. The van der Waals surface area contributed by atoms with Crippen molar-refractivity contribution in [3.8, 4) is 22.8 Å². The fourth-order valence-electron chi connectivity index (χ4n) is 2.63. The van der Waals surface area contributed by atoms with Gasteiger partial charge in [0.2, 0.25) is 5.82 Å². The molecule has 0 bridgehead atoms. The van der Waals surface area contributed by atoms with Crippen molar-refractivity contribution in [2.75, 3.05) is 13.7 Å². The average molecular weight is 381 g/mol. The van der Waals surface area contributed by atoms with Crippen LogP contribution >= 0.6 is 0 Å². The molecule has 28 heavy (non-hydrogen) atoms. The molecule has 9 heteroatoms. The summed E-state index contributed by atoms with van der Waals surface area (Å²) in [4.78, 5) is 27.6. The van der Waals surface area contributed by atoms with Crippen LogP contribution in [-0.2, 0) is 0 Å². The highest BCUT2D eigenvalue weighted by atomic mass is 16.6. The first-order valence-corrected chi connectivity index (χ1v) is 8.67. The summed E-state index contributed by atoms with van der Waals surface area (Å²) in [7, 11) is 1.57. The molecule has 0 spiro atoms. The van der Waals surface area contributed by atoms with E-state index in [4.69, 9.17) is 4.74 Å². The molecule has 0 radical (unpaired) electrons. The van der Waals surface area contributed by atoms with Crippen LogP contribution in [0.15, 0.2) is 48.7 Å². The molecule has 3 rings (SSSR count). The van der Waals surface area contributed by atoms with Gasteiger partial charge in [-0.3, -0.25) is 14.9 Å². The van der Waals surface area contributed by atoms with E-state index in [1.807, 2.05) is 6.92 Å². The Morgan fingerprint density at radius 3 is 2.68 bits per heavy atom. The van der Waals surface area contributed by atoms with Gasteiger partial charge in [-0.05, 0) is 42.8 Å². The number of hydrogen-bond acceptors (Lipinski definition) is 6. The molecule has 2 aromatic heterocycles. The molecule has 0 atom stereocenters. The minimum absolute atomic E-state index is 0.0195. The Morgan fingerprint density at radius 2 is 2.04 bits per heavy atom. The highest BCUT2D eigenvalue weighted by molar-refractivity contribution is 5.94. The van der Waals surface area contributed by atoms with Crippen LogP contribution in [0.3, 0.4) is 0 Å². The number of benzene rings is 1. The van der Waals surface area contributed by atoms with Gasteiger partial charge in [0, 0.05) is 24.4 Å². The van der Waals surface area contributed by atoms with Crippen LogP contribution in [0, 0.1) is 10.1 Å². The van der Waals surface area contributed by atoms with Gasteiger partial charge >= 0.3 is 5.69 Å². The largest absolute Gasteiger partial charge is 0.497 e. The standard InChI is InChI=1S/C19H19N5O4/c1-3-10-21-19(25)17-12-15(13-6-8-14(28-2)9-7-13)22-23(17)18-16(24(26)27)5-4-11-20-18/h4-9,11-12H,3,10H2,1-2H3,(H,21,25). The number of nitrogens with zero attached hydrogens (tertiary/aromatic N) is 4. The van der Waals surface area contributed by atoms with E-state index in [-0.39, 0.29) is 23.1 Å². The lowest BCUT2D eigenvalue weighted by Crippen LogP contribution is -2.26. The van der Waals surface area contributed by atoms with Crippen LogP contribution in [0.5, 0.6) is 5.75 Å². The van der Waals surface area contributed by atoms with E-state index in [2.05, 4.69) is 15.4 Å². The Kier molecular flexibility index (Phi) is 5.64. The van der Waals surface area contributed by atoms with Crippen molar-refractivity contribution >= 4 is 11.6 Å². The van der Waals surface area contributed by atoms with Gasteiger partial charge in [0.1, 0.15) is 11.4 Å². The fraction of sp³-hybridized carbons (Fsp3) is 0.211. The molecule has 0 aliphatic heterocycles. The number of nitrogens with one attached hydrogen (secondary N) is 1. The fourth-order valence-corrected chi connectivity index (χ4v) is 2.63. The molecular formula is C19H19N5O4. The quantitative estimate of drug-likeness (QED) is 0.497. The van der Waals surface area contributed by atoms with E-state index >= 15 is 0 Å². The summed E-state index contributed by atoms with van der Waals surface area (Å²) in [6.45, 7) is 2.41. The highest BCUT2D eigenvalue weighted by Gasteiger charge is 2.24. The lowest BCUT2D eigenvalue weighted by molar-refractivity contribution is -0.384. The zero-order valence-corrected chi connectivity index (χ0v) is 15.5. The summed E-state index contributed by atoms with van der Waals surface area (Å²) in [5, 5.41) is 18.6. The zero-order valence-electron chi connectivity index (χ0n) is 15.5. The predicted molar refractivity (Wildman–Crippen MR) is 103 cm³/mol. The minimum atomic E-state index is -0.551. The summed E-state index contributed by atoms with van der Waals surface area (Å²) >= 11 is 0. The Balaban J connectivity index is 2.13. The second-order valence-electron chi connectivity index (χ2n) is 5.91. The first-order valence-electron chi connectivity index (χ1n) is 8.67. The Labute approximate surface area is 161 Å². The van der Waals surface area contributed by atoms with E-state index < -0.39 is 4.92 Å². The topological polar surface area (TPSA) is 112 Å². The number of hydrogen-bond donors (Lipinski definition) is 1. The second kappa shape index (κ2) is 8.30. The highest BCUT2D eigenvalue weighted by Crippen LogP contribution is 2.26. The molecule has 0 fully saturated rings. The summed E-state index contributed by atoms with van der Waals surface area (Å²) in [6.07, 6.45) is 2.18. The maximum Gasteiger partial charge on any atom is 0.313 e. The molecule has 0 saturated carbocycles. The second-order valence-corrected chi connectivity index (χ2v) is 5.91. The van der Waals surface area contributed by atoms with Crippen LogP contribution in [0.25, 0.3) is 17.1 Å². The van der Waals surface area contributed by atoms with Crippen LogP contribution in [0.1, 0.15) is 23.8 Å². The average Bonchev–Trinajstić information content (AvgIpc) is 3.17. The van der Waals surface area contributed by atoms with Gasteiger partial charge in [-0.15, -0.1) is 0 Å². The van der Waals surface area contributed by atoms with Gasteiger partial charge in [-0.25, -0.2) is 9.67 Å². The number of carbonyl (C=O) groups excluding carboxylic acids is 1. The van der Waals surface area contributed by atoms with Crippen molar-refractivity contribution in [1.29, 1.82) is 0 Å². The zero-order chi connectivity index (χ0) is 20.1. The molecule has 0 unspecified atom stereocenters. The van der Waals surface area contributed by atoms with E-state index in [0.717, 1.165) is 12.0 Å². The van der Waals surface area contributed by atoms with Crippen LogP contribution in [0.4, 0.5) is 5.69 Å². The molecule has 9 nitrogen and oxygen atoms in total. The maximum atomic E-state index is 12.6. The molecule has 2 heterocycles. The van der Waals surface area contributed by atoms with Crippen molar-refractivity contribution in [3.63, 3.8) is 0 Å². The van der Waals surface area contributed by atoms with Crippen molar-refractivity contribution in [2.45, 2.75) is 13.3 Å². The van der Waals surface area contributed by atoms with Crippen molar-refractivity contribution < 1.29 is 14.5 Å². The Hall–Kier alpha value is -3.75. The molecule has 3 aromatic rings. The molecule has 1 N–H and O–H groups in total. The molecule has 1 aromatic carbocycles. The van der Waals surface area contributed by atoms with Gasteiger partial charge in [0.15, 0.2) is 0 Å². The summed E-state index contributed by atoms with van der Waals surface area (Å²) in [6, 6.07) is 11.5. The van der Waals surface area contributed by atoms with Crippen molar-refractivity contribution in [3.05, 3.63) is 64.5 Å². The molecule has 1 amide bonds. The number of nitro groups is 1. The first-order chi connectivity index (χ1) is 13.5.